The van der Waals surface area contributed by atoms with E-state index in [4.69, 9.17) is 0 Å². The molecule has 0 spiro atoms. The van der Waals surface area contributed by atoms with E-state index in [0.29, 0.717) is 6.42 Å². The van der Waals surface area contributed by atoms with Gasteiger partial charge >= 0.3 is 0 Å². The second-order valence-electron chi connectivity index (χ2n) is 4.16. The van der Waals surface area contributed by atoms with E-state index in [1.807, 2.05) is 18.2 Å². The minimum atomic E-state index is -0.393. The maximum absolute atomic E-state index is 12.2. The molecule has 88 valence electrons. The van der Waals surface area contributed by atoms with Gasteiger partial charge in [0.05, 0.1) is 6.67 Å². The summed E-state index contributed by atoms with van der Waals surface area (Å²) in [6.07, 6.45) is 3.10. The molecule has 0 unspecified atom stereocenters. The van der Waals surface area contributed by atoms with E-state index < -0.39 is 6.67 Å². The van der Waals surface area contributed by atoms with Gasteiger partial charge in [-0.25, -0.2) is 0 Å². The van der Waals surface area contributed by atoms with Crippen LogP contribution in [0.2, 0.25) is 0 Å². The zero-order valence-corrected chi connectivity index (χ0v) is 9.79. The Balaban J connectivity index is 2.31. The molecule has 0 aliphatic rings. The predicted molar refractivity (Wildman–Crippen MR) is 64.1 cm³/mol. The molecule has 0 saturated carbocycles. The molecule has 0 aromatic heterocycles. The smallest absolute Gasteiger partial charge is 0.133 e. The Morgan fingerprint density at radius 2 is 1.94 bits per heavy atom. The van der Waals surface area contributed by atoms with Gasteiger partial charge in [0.1, 0.15) is 5.78 Å². The van der Waals surface area contributed by atoms with E-state index in [-0.39, 0.29) is 11.7 Å². The highest BCUT2D eigenvalue weighted by Gasteiger charge is 2.13. The molecule has 1 rings (SSSR count). The number of benzene rings is 1. The molecular weight excluding hydrogens is 203 g/mol. The van der Waals surface area contributed by atoms with Crippen LogP contribution in [0.3, 0.4) is 0 Å². The van der Waals surface area contributed by atoms with Gasteiger partial charge in [-0.15, -0.1) is 0 Å². The molecule has 1 nitrogen and oxygen atoms in total. The lowest BCUT2D eigenvalue weighted by molar-refractivity contribution is -0.121. The number of ketones is 1. The molecule has 0 bridgehead atoms. The lowest BCUT2D eigenvalue weighted by atomic mass is 9.94. The summed E-state index contributed by atoms with van der Waals surface area (Å²) in [4.78, 5) is 11.2. The van der Waals surface area contributed by atoms with Crippen molar-refractivity contribution < 1.29 is 9.18 Å². The normalized spacial score (nSPS) is 12.4. The average molecular weight is 222 g/mol. The fraction of sp³-hybridized carbons (Fsp3) is 0.500. The van der Waals surface area contributed by atoms with E-state index in [1.54, 1.807) is 6.92 Å². The first-order chi connectivity index (χ1) is 7.74. The Hall–Kier alpha value is -1.18. The number of hydrogen-bond donors (Lipinski definition) is 0. The van der Waals surface area contributed by atoms with Crippen LogP contribution in [0.15, 0.2) is 30.3 Å². The SMILES string of the molecule is CC(=O)[C@@H](CCF)CCCc1ccccc1. The standard InChI is InChI=1S/C14H19FO/c1-12(16)14(10-11-15)9-5-8-13-6-3-2-4-7-13/h2-4,6-7,14H,5,8-11H2,1H3/t14-/m1/s1. The molecule has 0 radical (unpaired) electrons. The first-order valence-corrected chi connectivity index (χ1v) is 5.84. The minimum Gasteiger partial charge on any atom is -0.300 e. The van der Waals surface area contributed by atoms with Gasteiger partial charge in [-0.3, -0.25) is 9.18 Å². The first-order valence-electron chi connectivity index (χ1n) is 5.84. The highest BCUT2D eigenvalue weighted by atomic mass is 19.1. The molecule has 0 aliphatic carbocycles. The van der Waals surface area contributed by atoms with Crippen molar-refractivity contribution in [2.45, 2.75) is 32.6 Å². The second kappa shape index (κ2) is 7.15. The van der Waals surface area contributed by atoms with Crippen molar-refractivity contribution in [1.82, 2.24) is 0 Å². The van der Waals surface area contributed by atoms with E-state index in [9.17, 15) is 9.18 Å². The van der Waals surface area contributed by atoms with Crippen LogP contribution in [0.25, 0.3) is 0 Å². The summed E-state index contributed by atoms with van der Waals surface area (Å²) in [7, 11) is 0. The van der Waals surface area contributed by atoms with E-state index in [1.165, 1.54) is 5.56 Å². The number of aryl methyl sites for hydroxylation is 1. The highest BCUT2D eigenvalue weighted by molar-refractivity contribution is 5.78. The number of halogens is 1. The summed E-state index contributed by atoms with van der Waals surface area (Å²) in [6, 6.07) is 10.2. The molecule has 0 amide bonds. The van der Waals surface area contributed by atoms with Crippen molar-refractivity contribution in [3.8, 4) is 0 Å². The first kappa shape index (κ1) is 12.9. The molecule has 16 heavy (non-hydrogen) atoms. The lowest BCUT2D eigenvalue weighted by Gasteiger charge is -2.11. The van der Waals surface area contributed by atoms with Crippen LogP contribution >= 0.6 is 0 Å². The molecule has 0 fully saturated rings. The second-order valence-corrected chi connectivity index (χ2v) is 4.16. The van der Waals surface area contributed by atoms with Crippen LogP contribution in [-0.4, -0.2) is 12.5 Å². The van der Waals surface area contributed by atoms with Crippen molar-refractivity contribution >= 4 is 5.78 Å². The third-order valence-electron chi connectivity index (χ3n) is 2.89. The fourth-order valence-corrected chi connectivity index (χ4v) is 1.88. The summed E-state index contributed by atoms with van der Waals surface area (Å²) in [5.41, 5.74) is 1.28. The van der Waals surface area contributed by atoms with Crippen molar-refractivity contribution in [2.75, 3.05) is 6.67 Å². The molecule has 1 aromatic rings. The predicted octanol–water partition coefficient (Wildman–Crippen LogP) is 3.57. The molecule has 1 aromatic carbocycles. The molecule has 0 heterocycles. The van der Waals surface area contributed by atoms with Crippen molar-refractivity contribution in [1.29, 1.82) is 0 Å². The van der Waals surface area contributed by atoms with Gasteiger partial charge in [0.15, 0.2) is 0 Å². The summed E-state index contributed by atoms with van der Waals surface area (Å²) in [5.74, 6) is 0.0272. The maximum Gasteiger partial charge on any atom is 0.133 e. The maximum atomic E-state index is 12.2. The van der Waals surface area contributed by atoms with Crippen molar-refractivity contribution in [3.63, 3.8) is 0 Å². The average Bonchev–Trinajstić information content (AvgIpc) is 2.29. The van der Waals surface area contributed by atoms with Crippen molar-refractivity contribution in [2.24, 2.45) is 5.92 Å². The quantitative estimate of drug-likeness (QED) is 0.689. The number of carbonyl (C=O) groups is 1. The van der Waals surface area contributed by atoms with Gasteiger partial charge in [0.2, 0.25) is 0 Å². The minimum absolute atomic E-state index is 0.0892. The number of alkyl halides is 1. The van der Waals surface area contributed by atoms with Gasteiger partial charge in [0, 0.05) is 5.92 Å². The van der Waals surface area contributed by atoms with Crippen LogP contribution in [-0.2, 0) is 11.2 Å². The summed E-state index contributed by atoms with van der Waals surface area (Å²) in [6.45, 7) is 1.17. The Morgan fingerprint density at radius 1 is 1.25 bits per heavy atom. The number of hydrogen-bond acceptors (Lipinski definition) is 1. The summed E-state index contributed by atoms with van der Waals surface area (Å²) < 4.78 is 12.2. The molecule has 2 heteroatoms. The van der Waals surface area contributed by atoms with Gasteiger partial charge in [0.25, 0.3) is 0 Å². The topological polar surface area (TPSA) is 17.1 Å². The Bertz CT molecular complexity index is 308. The zero-order chi connectivity index (χ0) is 11.8. The largest absolute Gasteiger partial charge is 0.300 e. The Labute approximate surface area is 96.7 Å². The lowest BCUT2D eigenvalue weighted by Crippen LogP contribution is -2.12. The zero-order valence-electron chi connectivity index (χ0n) is 9.79. The van der Waals surface area contributed by atoms with E-state index in [2.05, 4.69) is 12.1 Å². The van der Waals surface area contributed by atoms with Gasteiger partial charge in [-0.1, -0.05) is 30.3 Å². The van der Waals surface area contributed by atoms with Gasteiger partial charge in [-0.05, 0) is 38.2 Å². The molecular formula is C14H19FO. The highest BCUT2D eigenvalue weighted by Crippen LogP contribution is 2.15. The number of Topliss-reactive ketones (excluding diaryl/α,β-unsaturated/α-hetero) is 1. The van der Waals surface area contributed by atoms with Crippen LogP contribution in [0, 0.1) is 5.92 Å². The van der Waals surface area contributed by atoms with Crippen LogP contribution in [0.1, 0.15) is 31.7 Å². The van der Waals surface area contributed by atoms with Crippen LogP contribution < -0.4 is 0 Å². The Morgan fingerprint density at radius 3 is 2.50 bits per heavy atom. The van der Waals surface area contributed by atoms with Crippen LogP contribution in [0.4, 0.5) is 4.39 Å². The summed E-state index contributed by atoms with van der Waals surface area (Å²) in [5, 5.41) is 0. The number of carbonyl (C=O) groups excluding carboxylic acids is 1. The fourth-order valence-electron chi connectivity index (χ4n) is 1.88. The van der Waals surface area contributed by atoms with Crippen LogP contribution in [0.5, 0.6) is 0 Å². The van der Waals surface area contributed by atoms with E-state index in [0.717, 1.165) is 19.3 Å². The van der Waals surface area contributed by atoms with Crippen molar-refractivity contribution in [3.05, 3.63) is 35.9 Å². The van der Waals surface area contributed by atoms with Gasteiger partial charge in [-0.2, -0.15) is 0 Å². The molecule has 0 N–H and O–H groups in total. The third kappa shape index (κ3) is 4.56. The monoisotopic (exact) mass is 222 g/mol. The molecule has 1 atom stereocenters. The van der Waals surface area contributed by atoms with Gasteiger partial charge < -0.3 is 0 Å². The third-order valence-corrected chi connectivity index (χ3v) is 2.89. The number of rotatable bonds is 7. The Kier molecular flexibility index (Phi) is 5.76. The summed E-state index contributed by atoms with van der Waals surface area (Å²) >= 11 is 0. The molecule has 0 saturated heterocycles. The molecule has 0 aliphatic heterocycles. The van der Waals surface area contributed by atoms with E-state index >= 15 is 0 Å².